The normalized spacial score (nSPS) is 14.3. The highest BCUT2D eigenvalue weighted by molar-refractivity contribution is 7.71. The number of likely N-dealkylation sites (N-methyl/N-ethyl adjacent to an activating group) is 1. The van der Waals surface area contributed by atoms with E-state index >= 15 is 0 Å². The highest BCUT2D eigenvalue weighted by atomic mass is 32.1. The average molecular weight is 317 g/mol. The Bertz CT molecular complexity index is 704. The fourth-order valence-corrected chi connectivity index (χ4v) is 2.41. The van der Waals surface area contributed by atoms with E-state index in [2.05, 4.69) is 15.4 Å². The molecule has 1 heterocycles. The summed E-state index contributed by atoms with van der Waals surface area (Å²) < 4.78 is 2.25. The molecular weight excluding hydrogens is 298 g/mol. The number of hydrogen-bond donors (Lipinski definition) is 2. The van der Waals surface area contributed by atoms with Gasteiger partial charge in [-0.15, -0.1) is 0 Å². The first-order valence-electron chi connectivity index (χ1n) is 7.32. The first kappa shape index (κ1) is 14.9. The van der Waals surface area contributed by atoms with Crippen LogP contribution in [-0.2, 0) is 11.5 Å². The van der Waals surface area contributed by atoms with E-state index in [0.29, 0.717) is 24.0 Å². The molecule has 1 aliphatic carbocycles. The van der Waals surface area contributed by atoms with Crippen molar-refractivity contribution < 1.29 is 4.79 Å². The zero-order valence-corrected chi connectivity index (χ0v) is 13.3. The second-order valence-corrected chi connectivity index (χ2v) is 6.01. The van der Waals surface area contributed by atoms with Crippen molar-refractivity contribution in [3.05, 3.63) is 35.1 Å². The smallest absolute Gasteiger partial charge is 0.234 e. The van der Waals surface area contributed by atoms with Gasteiger partial charge in [-0.1, -0.05) is 30.3 Å². The van der Waals surface area contributed by atoms with Crippen molar-refractivity contribution in [2.24, 2.45) is 0 Å². The van der Waals surface area contributed by atoms with Gasteiger partial charge in [0.15, 0.2) is 5.82 Å². The highest BCUT2D eigenvalue weighted by Gasteiger charge is 2.23. The molecule has 1 aliphatic rings. The van der Waals surface area contributed by atoms with E-state index in [0.717, 1.165) is 24.2 Å². The number of amides is 1. The lowest BCUT2D eigenvalue weighted by molar-refractivity contribution is -0.122. The van der Waals surface area contributed by atoms with Gasteiger partial charge in [0.1, 0.15) is 0 Å². The number of H-pyrrole nitrogens is 1. The van der Waals surface area contributed by atoms with E-state index in [4.69, 9.17) is 12.2 Å². The monoisotopic (exact) mass is 317 g/mol. The molecule has 3 rings (SSSR count). The summed E-state index contributed by atoms with van der Waals surface area (Å²) in [6.45, 7) is 0.842. The van der Waals surface area contributed by atoms with E-state index < -0.39 is 0 Å². The Hall–Kier alpha value is -1.99. The van der Waals surface area contributed by atoms with Gasteiger partial charge >= 0.3 is 0 Å². The Balaban J connectivity index is 1.63. The van der Waals surface area contributed by atoms with Crippen LogP contribution in [-0.4, -0.2) is 45.2 Å². The fraction of sp³-hybridized carbons (Fsp3) is 0.400. The molecule has 0 saturated heterocycles. The topological polar surface area (TPSA) is 66.0 Å². The highest BCUT2D eigenvalue weighted by Crippen LogP contribution is 2.18. The van der Waals surface area contributed by atoms with Gasteiger partial charge in [-0.2, -0.15) is 4.98 Å². The number of aromatic amines is 1. The van der Waals surface area contributed by atoms with Crippen molar-refractivity contribution in [3.8, 4) is 11.4 Å². The van der Waals surface area contributed by atoms with Crippen molar-refractivity contribution >= 4 is 18.1 Å². The predicted octanol–water partition coefficient (Wildman–Crippen LogP) is 1.78. The summed E-state index contributed by atoms with van der Waals surface area (Å²) in [5.74, 6) is 0.792. The van der Waals surface area contributed by atoms with Crippen LogP contribution in [0, 0.1) is 4.77 Å². The molecule has 1 aromatic carbocycles. The SMILES string of the molecule is CN(CC(=O)NC1CC1)Cn1[nH]c(-c2ccccc2)nc1=S. The van der Waals surface area contributed by atoms with Gasteiger partial charge in [-0.05, 0) is 32.1 Å². The van der Waals surface area contributed by atoms with Crippen molar-refractivity contribution in [3.63, 3.8) is 0 Å². The third-order valence-electron chi connectivity index (χ3n) is 3.47. The maximum absolute atomic E-state index is 11.8. The van der Waals surface area contributed by atoms with Crippen LogP contribution in [0.4, 0.5) is 0 Å². The fourth-order valence-electron chi connectivity index (χ4n) is 2.22. The maximum Gasteiger partial charge on any atom is 0.234 e. The molecule has 22 heavy (non-hydrogen) atoms. The van der Waals surface area contributed by atoms with Crippen LogP contribution in [0.3, 0.4) is 0 Å². The third-order valence-corrected chi connectivity index (χ3v) is 3.78. The van der Waals surface area contributed by atoms with Gasteiger partial charge in [0.2, 0.25) is 10.7 Å². The molecule has 0 atom stereocenters. The summed E-state index contributed by atoms with van der Waals surface area (Å²) in [7, 11) is 1.89. The lowest BCUT2D eigenvalue weighted by atomic mass is 10.2. The molecular formula is C15H19N5OS. The zero-order valence-electron chi connectivity index (χ0n) is 12.5. The van der Waals surface area contributed by atoms with Gasteiger partial charge in [-0.25, -0.2) is 4.68 Å². The minimum atomic E-state index is 0.0549. The van der Waals surface area contributed by atoms with Gasteiger partial charge in [0.05, 0.1) is 13.2 Å². The standard InChI is InChI=1S/C15H19N5OS/c1-19(9-13(21)16-12-7-8-12)10-20-15(22)17-14(18-20)11-5-3-2-4-6-11/h2-6,12H,7-10H2,1H3,(H,16,21)(H,17,18,22). The molecule has 0 aliphatic heterocycles. The summed E-state index contributed by atoms with van der Waals surface area (Å²) in [5.41, 5.74) is 0.987. The molecule has 0 unspecified atom stereocenters. The zero-order chi connectivity index (χ0) is 15.5. The molecule has 1 amide bonds. The number of benzene rings is 1. The molecule has 0 radical (unpaired) electrons. The molecule has 2 N–H and O–H groups in total. The molecule has 116 valence electrons. The van der Waals surface area contributed by atoms with Crippen LogP contribution >= 0.6 is 12.2 Å². The lowest BCUT2D eigenvalue weighted by Crippen LogP contribution is -2.37. The van der Waals surface area contributed by atoms with Gasteiger partial charge < -0.3 is 5.32 Å². The van der Waals surface area contributed by atoms with Crippen LogP contribution in [0.2, 0.25) is 0 Å². The summed E-state index contributed by atoms with van der Waals surface area (Å²) >= 11 is 5.28. The van der Waals surface area contributed by atoms with Gasteiger partial charge in [0, 0.05) is 11.6 Å². The summed E-state index contributed by atoms with van der Waals surface area (Å²) in [5, 5.41) is 6.16. The van der Waals surface area contributed by atoms with Gasteiger partial charge in [-0.3, -0.25) is 14.8 Å². The number of aromatic nitrogens is 3. The third kappa shape index (κ3) is 3.80. The van der Waals surface area contributed by atoms with Crippen LogP contribution in [0.15, 0.2) is 30.3 Å². The summed E-state index contributed by atoms with van der Waals surface area (Å²) in [6, 6.07) is 10.2. The minimum absolute atomic E-state index is 0.0549. The Morgan fingerprint density at radius 2 is 2.18 bits per heavy atom. The summed E-state index contributed by atoms with van der Waals surface area (Å²) in [4.78, 5) is 18.1. The Morgan fingerprint density at radius 3 is 2.86 bits per heavy atom. The van der Waals surface area contributed by atoms with Gasteiger partial charge in [0.25, 0.3) is 0 Å². The maximum atomic E-state index is 11.8. The minimum Gasteiger partial charge on any atom is -0.352 e. The Morgan fingerprint density at radius 1 is 1.45 bits per heavy atom. The number of hydrogen-bond acceptors (Lipinski definition) is 4. The molecule has 6 nitrogen and oxygen atoms in total. The lowest BCUT2D eigenvalue weighted by Gasteiger charge is -2.16. The molecule has 0 bridgehead atoms. The number of nitrogens with zero attached hydrogens (tertiary/aromatic N) is 3. The van der Waals surface area contributed by atoms with E-state index in [1.807, 2.05) is 42.3 Å². The second-order valence-electron chi connectivity index (χ2n) is 5.65. The average Bonchev–Trinajstić information content (AvgIpc) is 3.22. The van der Waals surface area contributed by atoms with E-state index in [1.54, 1.807) is 4.68 Å². The molecule has 1 aromatic heterocycles. The number of nitrogens with one attached hydrogen (secondary N) is 2. The van der Waals surface area contributed by atoms with E-state index in [9.17, 15) is 4.79 Å². The van der Waals surface area contributed by atoms with Crippen molar-refractivity contribution in [1.82, 2.24) is 25.0 Å². The molecule has 0 spiro atoms. The van der Waals surface area contributed by atoms with Crippen molar-refractivity contribution in [2.75, 3.05) is 13.6 Å². The van der Waals surface area contributed by atoms with Crippen LogP contribution in [0.25, 0.3) is 11.4 Å². The van der Waals surface area contributed by atoms with E-state index in [1.165, 1.54) is 0 Å². The quantitative estimate of drug-likeness (QED) is 0.797. The molecule has 1 saturated carbocycles. The number of carbonyl (C=O) groups excluding carboxylic acids is 1. The first-order valence-corrected chi connectivity index (χ1v) is 7.73. The Labute approximate surface area is 134 Å². The predicted molar refractivity (Wildman–Crippen MR) is 86.6 cm³/mol. The summed E-state index contributed by atoms with van der Waals surface area (Å²) in [6.07, 6.45) is 2.20. The van der Waals surface area contributed by atoms with Crippen molar-refractivity contribution in [2.45, 2.75) is 25.6 Å². The van der Waals surface area contributed by atoms with Crippen molar-refractivity contribution in [1.29, 1.82) is 0 Å². The number of carbonyl (C=O) groups is 1. The molecule has 1 fully saturated rings. The molecule has 7 heteroatoms. The van der Waals surface area contributed by atoms with Crippen LogP contribution in [0.1, 0.15) is 12.8 Å². The first-order chi connectivity index (χ1) is 10.6. The second kappa shape index (κ2) is 6.41. The van der Waals surface area contributed by atoms with Crippen LogP contribution < -0.4 is 5.32 Å². The largest absolute Gasteiger partial charge is 0.352 e. The Kier molecular flexibility index (Phi) is 4.35. The van der Waals surface area contributed by atoms with Crippen LogP contribution in [0.5, 0.6) is 0 Å². The van der Waals surface area contributed by atoms with E-state index in [-0.39, 0.29) is 5.91 Å². The molecule has 2 aromatic rings. The number of rotatable bonds is 6.